The second-order valence-corrected chi connectivity index (χ2v) is 17.0. The number of thiol groups is 1. The maximum atomic E-state index is 13.7. The van der Waals surface area contributed by atoms with Gasteiger partial charge in [0.15, 0.2) is 17.0 Å². The van der Waals surface area contributed by atoms with Crippen molar-refractivity contribution in [3.8, 4) is 0 Å². The number of H-pyrrole nitrogens is 1. The molecule has 252 valence electrons. The van der Waals surface area contributed by atoms with Gasteiger partial charge in [-0.05, 0) is 30.8 Å². The van der Waals surface area contributed by atoms with E-state index in [-0.39, 0.29) is 16.9 Å². The first kappa shape index (κ1) is 31.9. The van der Waals surface area contributed by atoms with Gasteiger partial charge >= 0.3 is 14.6 Å². The number of aliphatic hydroxyl groups excluding tert-OH is 2. The van der Waals surface area contributed by atoms with E-state index in [4.69, 9.17) is 28.6 Å². The number of rotatable bonds is 3. The van der Waals surface area contributed by atoms with Gasteiger partial charge in [-0.3, -0.25) is 22.9 Å². The van der Waals surface area contributed by atoms with Crippen molar-refractivity contribution < 1.29 is 47.1 Å². The molecule has 2 unspecified atom stereocenters. The fraction of sp³-hybridized carbons (Fsp3) is 0.583. The Kier molecular flexibility index (Phi) is 7.50. The first-order chi connectivity index (χ1) is 22.3. The highest BCUT2D eigenvalue weighted by Gasteiger charge is 2.74. The van der Waals surface area contributed by atoms with Crippen LogP contribution in [0.15, 0.2) is 17.4 Å². The van der Waals surface area contributed by atoms with Crippen LogP contribution in [0.2, 0.25) is 0 Å². The monoisotopic (exact) mass is 730 g/mol. The minimum Gasteiger partial charge on any atom is -0.396 e. The van der Waals surface area contributed by atoms with Gasteiger partial charge in [0.2, 0.25) is 0 Å². The largest absolute Gasteiger partial charge is 0.472 e. The summed E-state index contributed by atoms with van der Waals surface area (Å²) in [5.41, 5.74) is 5.33. The van der Waals surface area contributed by atoms with Crippen LogP contribution in [0.5, 0.6) is 0 Å². The van der Waals surface area contributed by atoms with E-state index in [0.717, 1.165) is 11.5 Å². The van der Waals surface area contributed by atoms with Crippen molar-refractivity contribution in [2.45, 2.75) is 49.4 Å². The second-order valence-electron chi connectivity index (χ2n) is 12.0. The standard InChI is InChI=1S/C24H28N8O11P2S2/c1-8-29-13-14(23(35)30-8)31-47-19(13)18-16-9(3-33)12(41-18)5-40-45(38,46)43-17-10(4-39-44(36,37)42-16)11-2-24(11,20(17)34)32-7-28-15-21(25)26-6-27-22(15)32/h6-7,9-12,16-18,20,33-34H,2-5H2,1H3,(H,36,37)(H,38,46)(H2,25,26,27)(H,29,30,35)/t9-,10+,11+,12-,16-,17-,18-,20-,24?,45-/m1/s1. The van der Waals surface area contributed by atoms with E-state index in [1.54, 1.807) is 11.5 Å². The summed E-state index contributed by atoms with van der Waals surface area (Å²) in [5, 5.41) is 22.1. The number of hydrogen-bond acceptors (Lipinski definition) is 17. The summed E-state index contributed by atoms with van der Waals surface area (Å²) in [5.74, 6) is -1.76. The Morgan fingerprint density at radius 3 is 2.77 bits per heavy atom. The van der Waals surface area contributed by atoms with E-state index in [1.165, 1.54) is 12.7 Å². The van der Waals surface area contributed by atoms with E-state index >= 15 is 0 Å². The molecule has 4 aliphatic rings. The van der Waals surface area contributed by atoms with Crippen molar-refractivity contribution in [3.05, 3.63) is 33.7 Å². The number of phosphoric acid groups is 1. The van der Waals surface area contributed by atoms with Crippen molar-refractivity contribution >= 4 is 66.4 Å². The predicted molar refractivity (Wildman–Crippen MR) is 164 cm³/mol. The van der Waals surface area contributed by atoms with Gasteiger partial charge in [0, 0.05) is 11.8 Å². The third kappa shape index (κ3) is 5.02. The zero-order chi connectivity index (χ0) is 33.0. The van der Waals surface area contributed by atoms with Gasteiger partial charge in [-0.15, -0.1) is 0 Å². The number of imidazole rings is 1. The topological polar surface area (TPSA) is 269 Å². The van der Waals surface area contributed by atoms with Crippen LogP contribution in [-0.4, -0.2) is 93.2 Å². The number of aromatic amines is 1. The molecule has 0 amide bonds. The molecule has 0 spiro atoms. The number of nitrogens with one attached hydrogen (secondary N) is 1. The minimum absolute atomic E-state index is 0.0304. The molecule has 19 nitrogen and oxygen atoms in total. The summed E-state index contributed by atoms with van der Waals surface area (Å²) in [7, 11) is -4.92. The predicted octanol–water partition coefficient (Wildman–Crippen LogP) is 0.820. The van der Waals surface area contributed by atoms with E-state index in [2.05, 4.69) is 41.5 Å². The molecule has 6 N–H and O–H groups in total. The van der Waals surface area contributed by atoms with E-state index < -0.39 is 93.8 Å². The molecule has 2 aliphatic carbocycles. The Balaban J connectivity index is 1.15. The lowest BCUT2D eigenvalue weighted by Crippen LogP contribution is -2.40. The Hall–Kier alpha value is -2.39. The molecule has 4 aromatic rings. The number of fused-ring (bicyclic) bond motifs is 7. The van der Waals surface area contributed by atoms with Crippen LogP contribution in [0.1, 0.15) is 23.2 Å². The van der Waals surface area contributed by atoms with Gasteiger partial charge < -0.3 is 35.1 Å². The van der Waals surface area contributed by atoms with Crippen LogP contribution in [0.3, 0.4) is 0 Å². The van der Waals surface area contributed by atoms with Crippen molar-refractivity contribution in [2.75, 3.05) is 25.6 Å². The molecule has 8 rings (SSSR count). The normalized spacial score (nSPS) is 40.4. The molecule has 11 atom stereocenters. The van der Waals surface area contributed by atoms with Crippen molar-refractivity contribution in [3.63, 3.8) is 0 Å². The van der Waals surface area contributed by atoms with Crippen molar-refractivity contribution in [2.24, 2.45) is 17.8 Å². The summed E-state index contributed by atoms with van der Waals surface area (Å²) >= 11 is 5.06. The summed E-state index contributed by atoms with van der Waals surface area (Å²) < 4.78 is 62.0. The molecule has 2 saturated heterocycles. The van der Waals surface area contributed by atoms with Gasteiger partial charge in [0.25, 0.3) is 5.56 Å². The Morgan fingerprint density at radius 2 is 1.98 bits per heavy atom. The number of anilines is 1. The molecule has 2 saturated carbocycles. The summed E-state index contributed by atoms with van der Waals surface area (Å²) in [6, 6.07) is 0. The summed E-state index contributed by atoms with van der Waals surface area (Å²) in [6.45, 7) is -4.19. The van der Waals surface area contributed by atoms with E-state index in [1.807, 2.05) is 0 Å². The number of nitrogen functional groups attached to an aromatic ring is 1. The van der Waals surface area contributed by atoms with Crippen LogP contribution >= 0.6 is 38.4 Å². The highest BCUT2D eigenvalue weighted by molar-refractivity contribution is 8.44. The van der Waals surface area contributed by atoms with Crippen molar-refractivity contribution in [1.29, 1.82) is 0 Å². The molecule has 6 heterocycles. The number of nitrogens with zero attached hydrogens (tertiary/aromatic N) is 6. The maximum Gasteiger partial charge on any atom is 0.472 e. The number of aromatic nitrogens is 7. The molecule has 2 bridgehead atoms. The van der Waals surface area contributed by atoms with Crippen LogP contribution in [-0.2, 0) is 37.5 Å². The van der Waals surface area contributed by atoms with Crippen LogP contribution in [0, 0.1) is 24.7 Å². The van der Waals surface area contributed by atoms with E-state index in [0.29, 0.717) is 28.3 Å². The van der Waals surface area contributed by atoms with Gasteiger partial charge in [0.1, 0.15) is 47.6 Å². The summed E-state index contributed by atoms with van der Waals surface area (Å²) in [4.78, 5) is 43.3. The zero-order valence-electron chi connectivity index (χ0n) is 24.2. The average molecular weight is 731 g/mol. The fourth-order valence-corrected chi connectivity index (χ4v) is 10.6. The zero-order valence-corrected chi connectivity index (χ0v) is 27.7. The highest BCUT2D eigenvalue weighted by atomic mass is 32.7. The number of nitrogens with two attached hydrogens (primary N) is 1. The maximum absolute atomic E-state index is 13.7. The van der Waals surface area contributed by atoms with Crippen LogP contribution in [0.4, 0.5) is 5.82 Å². The van der Waals surface area contributed by atoms with Crippen molar-refractivity contribution in [1.82, 2.24) is 33.9 Å². The lowest BCUT2D eigenvalue weighted by molar-refractivity contribution is -0.0355. The number of phosphoric ester groups is 1. The molecule has 2 aliphatic heterocycles. The van der Waals surface area contributed by atoms with Gasteiger partial charge in [-0.25, -0.2) is 29.1 Å². The number of ether oxygens (including phenoxy) is 1. The Bertz CT molecular complexity index is 2060. The average Bonchev–Trinajstić information content (AvgIpc) is 3.30. The molecule has 4 fully saturated rings. The lowest BCUT2D eigenvalue weighted by Gasteiger charge is -2.30. The second kappa shape index (κ2) is 11.1. The molecule has 0 aromatic carbocycles. The van der Waals surface area contributed by atoms with E-state index in [9.17, 15) is 29.0 Å². The fourth-order valence-electron chi connectivity index (χ4n) is 7.24. The quantitative estimate of drug-likeness (QED) is 0.126. The highest BCUT2D eigenvalue weighted by Crippen LogP contribution is 2.69. The van der Waals surface area contributed by atoms with Gasteiger partial charge in [-0.2, -0.15) is 4.37 Å². The molecular weight excluding hydrogens is 702 g/mol. The first-order valence-electron chi connectivity index (χ1n) is 14.4. The van der Waals surface area contributed by atoms with Gasteiger partial charge in [-0.1, -0.05) is 12.2 Å². The van der Waals surface area contributed by atoms with Crippen LogP contribution < -0.4 is 11.3 Å². The molecule has 23 heteroatoms. The number of aryl methyl sites for hydroxylation is 1. The molecular formula is C24H28N8O11P2S2. The molecule has 0 radical (unpaired) electrons. The molecule has 4 aromatic heterocycles. The Labute approximate surface area is 273 Å². The lowest BCUT2D eigenvalue weighted by atomic mass is 9.96. The number of hydrogen-bond donors (Lipinski definition) is 6. The Morgan fingerprint density at radius 1 is 1.17 bits per heavy atom. The minimum atomic E-state index is -4.92. The molecule has 47 heavy (non-hydrogen) atoms. The smallest absolute Gasteiger partial charge is 0.396 e. The third-order valence-corrected chi connectivity index (χ3v) is 12.9. The van der Waals surface area contributed by atoms with Gasteiger partial charge in [0.05, 0.1) is 42.7 Å². The SMILES string of the molecule is Cc1nc2c([C@@H]3O[C@@H]4CO[P@@](=O)(S)O[C@@H]5[C@@H](COP(=O)(O)O[C@@H]3[C@@H]4CO)[C@@H]3CC3(n3cnc4c(N)ncnc43)[C@@H]5O)snc2c(=O)[nH]1. The first-order valence-corrected chi connectivity index (χ1v) is 19.4. The summed E-state index contributed by atoms with van der Waals surface area (Å²) in [6.07, 6.45) is -2.99. The number of aliphatic hydroxyl groups is 2. The van der Waals surface area contributed by atoms with Crippen LogP contribution in [0.25, 0.3) is 22.2 Å². The third-order valence-electron chi connectivity index (χ3n) is 9.41.